The number of hydrogen-bond donors (Lipinski definition) is 1. The summed E-state index contributed by atoms with van der Waals surface area (Å²) in [4.78, 5) is 3.67. The van der Waals surface area contributed by atoms with Crippen molar-refractivity contribution in [3.63, 3.8) is 0 Å². The summed E-state index contributed by atoms with van der Waals surface area (Å²) in [6.07, 6.45) is 2.73. The highest BCUT2D eigenvalue weighted by molar-refractivity contribution is 7.92. The molecule has 0 spiro atoms. The van der Waals surface area contributed by atoms with Crippen molar-refractivity contribution in [3.8, 4) is 5.75 Å². The Labute approximate surface area is 76.2 Å². The van der Waals surface area contributed by atoms with Gasteiger partial charge in [-0.3, -0.25) is 0 Å². The van der Waals surface area contributed by atoms with E-state index in [2.05, 4.69) is 4.98 Å². The molecule has 0 atom stereocenters. The lowest BCUT2D eigenvalue weighted by molar-refractivity contribution is 0.452. The summed E-state index contributed by atoms with van der Waals surface area (Å²) in [5.41, 5.74) is 0. The molecule has 0 bridgehead atoms. The van der Waals surface area contributed by atoms with Gasteiger partial charge in [-0.2, -0.15) is 0 Å². The zero-order valence-corrected chi connectivity index (χ0v) is 7.66. The summed E-state index contributed by atoms with van der Waals surface area (Å²) in [7, 11) is -3.36. The third kappa shape index (κ3) is 1.39. The van der Waals surface area contributed by atoms with Crippen LogP contribution in [0.4, 0.5) is 0 Å². The average Bonchev–Trinajstić information content (AvgIpc) is 2.86. The summed E-state index contributed by atoms with van der Waals surface area (Å²) in [5.74, 6) is -0.255. The van der Waals surface area contributed by atoms with Gasteiger partial charge in [0.25, 0.3) is 0 Å². The third-order valence-corrected chi connectivity index (χ3v) is 4.19. The first-order chi connectivity index (χ1) is 6.12. The van der Waals surface area contributed by atoms with Gasteiger partial charge in [0.05, 0.1) is 5.25 Å². The molecule has 1 aliphatic carbocycles. The number of nitrogens with zero attached hydrogens (tertiary/aromatic N) is 1. The van der Waals surface area contributed by atoms with Crippen LogP contribution in [-0.4, -0.2) is 23.8 Å². The lowest BCUT2D eigenvalue weighted by Gasteiger charge is -2.02. The molecule has 0 unspecified atom stereocenters. The predicted octanol–water partition coefficient (Wildman–Crippen LogP) is 0.723. The van der Waals surface area contributed by atoms with E-state index < -0.39 is 9.84 Å². The van der Waals surface area contributed by atoms with Crippen LogP contribution in [0.5, 0.6) is 5.75 Å². The summed E-state index contributed by atoms with van der Waals surface area (Å²) in [5, 5.41) is 8.77. The zero-order chi connectivity index (χ0) is 9.47. The molecule has 0 aliphatic heterocycles. The van der Waals surface area contributed by atoms with Gasteiger partial charge in [0.1, 0.15) is 0 Å². The second-order valence-corrected chi connectivity index (χ2v) is 5.22. The quantitative estimate of drug-likeness (QED) is 0.762. The first kappa shape index (κ1) is 8.50. The highest BCUT2D eigenvalue weighted by Gasteiger charge is 2.39. The molecule has 1 heterocycles. The molecule has 4 nitrogen and oxygen atoms in total. The molecule has 1 aliphatic rings. The van der Waals surface area contributed by atoms with Crippen LogP contribution >= 0.6 is 0 Å². The van der Waals surface area contributed by atoms with Crippen LogP contribution in [0.1, 0.15) is 12.8 Å². The van der Waals surface area contributed by atoms with Crippen molar-refractivity contribution in [1.82, 2.24) is 4.98 Å². The van der Waals surface area contributed by atoms with Gasteiger partial charge in [-0.05, 0) is 25.0 Å². The SMILES string of the molecule is O=S(=O)(c1ncccc1O)C1CC1. The number of rotatable bonds is 2. The van der Waals surface area contributed by atoms with Crippen molar-refractivity contribution < 1.29 is 13.5 Å². The van der Waals surface area contributed by atoms with E-state index in [-0.39, 0.29) is 16.0 Å². The summed E-state index contributed by atoms with van der Waals surface area (Å²) >= 11 is 0. The van der Waals surface area contributed by atoms with E-state index in [1.165, 1.54) is 18.3 Å². The molecule has 70 valence electrons. The molecule has 1 fully saturated rings. The zero-order valence-electron chi connectivity index (χ0n) is 6.84. The maximum absolute atomic E-state index is 11.6. The van der Waals surface area contributed by atoms with Crippen LogP contribution in [0.15, 0.2) is 23.4 Å². The fourth-order valence-electron chi connectivity index (χ4n) is 1.14. The Kier molecular flexibility index (Phi) is 1.76. The van der Waals surface area contributed by atoms with Crippen LogP contribution in [-0.2, 0) is 9.84 Å². The third-order valence-electron chi connectivity index (χ3n) is 1.98. The van der Waals surface area contributed by atoms with Gasteiger partial charge in [-0.1, -0.05) is 0 Å². The van der Waals surface area contributed by atoms with Gasteiger partial charge in [0, 0.05) is 6.20 Å². The highest BCUT2D eigenvalue weighted by Crippen LogP contribution is 2.35. The monoisotopic (exact) mass is 199 g/mol. The molecular formula is C8H9NO3S. The molecule has 1 saturated carbocycles. The van der Waals surface area contributed by atoms with Crippen LogP contribution in [0.25, 0.3) is 0 Å². The molecule has 1 aromatic heterocycles. The fraction of sp³-hybridized carbons (Fsp3) is 0.375. The number of aromatic hydroxyl groups is 1. The number of hydrogen-bond acceptors (Lipinski definition) is 4. The first-order valence-electron chi connectivity index (χ1n) is 4.00. The van der Waals surface area contributed by atoms with E-state index in [1.807, 2.05) is 0 Å². The lowest BCUT2D eigenvalue weighted by Crippen LogP contribution is -2.09. The van der Waals surface area contributed by atoms with E-state index >= 15 is 0 Å². The second kappa shape index (κ2) is 2.70. The molecule has 5 heteroatoms. The highest BCUT2D eigenvalue weighted by atomic mass is 32.2. The fourth-order valence-corrected chi connectivity index (χ4v) is 2.78. The molecule has 0 saturated heterocycles. The van der Waals surface area contributed by atoms with E-state index in [9.17, 15) is 13.5 Å². The molecule has 1 aromatic rings. The van der Waals surface area contributed by atoms with Gasteiger partial charge >= 0.3 is 0 Å². The van der Waals surface area contributed by atoms with Gasteiger partial charge in [0.15, 0.2) is 10.8 Å². The minimum absolute atomic E-state index is 0.183. The van der Waals surface area contributed by atoms with Crippen LogP contribution in [0.3, 0.4) is 0 Å². The normalized spacial score (nSPS) is 17.2. The van der Waals surface area contributed by atoms with Crippen LogP contribution in [0, 0.1) is 0 Å². The lowest BCUT2D eigenvalue weighted by atomic mass is 10.5. The van der Waals surface area contributed by atoms with Crippen molar-refractivity contribution in [2.45, 2.75) is 23.1 Å². The van der Waals surface area contributed by atoms with Crippen LogP contribution < -0.4 is 0 Å². The van der Waals surface area contributed by atoms with Gasteiger partial charge in [0.2, 0.25) is 9.84 Å². The summed E-state index contributed by atoms with van der Waals surface area (Å²) in [6.45, 7) is 0. The Morgan fingerprint density at radius 2 is 2.15 bits per heavy atom. The van der Waals surface area contributed by atoms with Crippen LogP contribution in [0.2, 0.25) is 0 Å². The largest absolute Gasteiger partial charge is 0.505 e. The second-order valence-electron chi connectivity index (χ2n) is 3.07. The van der Waals surface area contributed by atoms with Crippen molar-refractivity contribution in [2.75, 3.05) is 0 Å². The van der Waals surface area contributed by atoms with E-state index in [0.29, 0.717) is 12.8 Å². The van der Waals surface area contributed by atoms with E-state index in [1.54, 1.807) is 0 Å². The minimum atomic E-state index is -3.36. The molecular weight excluding hydrogens is 190 g/mol. The van der Waals surface area contributed by atoms with Crippen molar-refractivity contribution in [3.05, 3.63) is 18.3 Å². The Morgan fingerprint density at radius 1 is 1.46 bits per heavy atom. The number of sulfone groups is 1. The smallest absolute Gasteiger partial charge is 0.202 e. The molecule has 0 amide bonds. The molecule has 0 radical (unpaired) electrons. The number of aromatic nitrogens is 1. The van der Waals surface area contributed by atoms with Gasteiger partial charge in [-0.25, -0.2) is 13.4 Å². The van der Waals surface area contributed by atoms with Gasteiger partial charge in [-0.15, -0.1) is 0 Å². The summed E-state index contributed by atoms with van der Waals surface area (Å²) < 4.78 is 23.2. The Morgan fingerprint density at radius 3 is 2.69 bits per heavy atom. The maximum atomic E-state index is 11.6. The van der Waals surface area contributed by atoms with Gasteiger partial charge < -0.3 is 5.11 Å². The Hall–Kier alpha value is -1.10. The van der Waals surface area contributed by atoms with Crippen molar-refractivity contribution in [1.29, 1.82) is 0 Å². The maximum Gasteiger partial charge on any atom is 0.202 e. The van der Waals surface area contributed by atoms with E-state index in [0.717, 1.165) is 0 Å². The van der Waals surface area contributed by atoms with Crippen molar-refractivity contribution in [2.24, 2.45) is 0 Å². The minimum Gasteiger partial charge on any atom is -0.505 e. The average molecular weight is 199 g/mol. The van der Waals surface area contributed by atoms with Crippen molar-refractivity contribution >= 4 is 9.84 Å². The molecule has 2 rings (SSSR count). The molecule has 1 N–H and O–H groups in total. The number of pyridine rings is 1. The molecule has 0 aromatic carbocycles. The summed E-state index contributed by atoms with van der Waals surface area (Å²) in [6, 6.07) is 2.84. The standard InChI is InChI=1S/C8H9NO3S/c10-7-2-1-5-9-8(7)13(11,12)6-3-4-6/h1-2,5-6,10H,3-4H2. The topological polar surface area (TPSA) is 67.3 Å². The molecule has 13 heavy (non-hydrogen) atoms. The Bertz CT molecular complexity index is 423. The van der Waals surface area contributed by atoms with E-state index in [4.69, 9.17) is 0 Å². The Balaban J connectivity index is 2.51. The predicted molar refractivity (Wildman–Crippen MR) is 46.1 cm³/mol. The first-order valence-corrected chi connectivity index (χ1v) is 5.55.